The lowest BCUT2D eigenvalue weighted by atomic mass is 9.78. The Hall–Kier alpha value is -1.57. The lowest BCUT2D eigenvalue weighted by Gasteiger charge is -2.33. The number of hydrogen-bond acceptors (Lipinski definition) is 2. The molecule has 0 spiro atoms. The van der Waals surface area contributed by atoms with E-state index in [4.69, 9.17) is 4.52 Å². The zero-order chi connectivity index (χ0) is 18.5. The monoisotopic (exact) mass is 370 g/mol. The van der Waals surface area contributed by atoms with E-state index < -0.39 is 7.60 Å². The number of rotatable bonds is 1. The molecule has 0 bridgehead atoms. The number of para-hydroxylation sites is 1. The highest BCUT2D eigenvalue weighted by Crippen LogP contribution is 2.54. The van der Waals surface area contributed by atoms with Crippen LogP contribution in [0.5, 0.6) is 5.75 Å². The van der Waals surface area contributed by atoms with E-state index in [0.29, 0.717) is 17.0 Å². The third kappa shape index (κ3) is 3.02. The molecule has 0 aromatic heterocycles. The fraction of sp³-hybridized carbons (Fsp3) is 0.455. The van der Waals surface area contributed by atoms with Crippen molar-refractivity contribution in [2.45, 2.75) is 64.2 Å². The van der Waals surface area contributed by atoms with Gasteiger partial charge in [-0.25, -0.2) is 4.57 Å². The molecule has 0 radical (unpaired) electrons. The number of hydrogen-bond donors (Lipinski definition) is 1. The van der Waals surface area contributed by atoms with Gasteiger partial charge in [0.05, 0.1) is 5.30 Å². The summed E-state index contributed by atoms with van der Waals surface area (Å²) in [5.74, 6) is 1.05. The maximum atomic E-state index is 13.1. The molecule has 0 amide bonds. The first-order valence-electron chi connectivity index (χ1n) is 9.58. The lowest BCUT2D eigenvalue weighted by Crippen LogP contribution is -2.29. The molecular formula is C22H27O3P. The molecule has 2 aromatic carbocycles. The first-order valence-corrected chi connectivity index (χ1v) is 11.2. The van der Waals surface area contributed by atoms with Crippen LogP contribution < -0.4 is 9.83 Å². The van der Waals surface area contributed by atoms with Crippen molar-refractivity contribution < 1.29 is 14.0 Å². The van der Waals surface area contributed by atoms with Crippen molar-refractivity contribution in [1.82, 2.24) is 0 Å². The Bertz CT molecular complexity index is 889. The molecule has 1 saturated carbocycles. The Morgan fingerprint density at radius 2 is 1.73 bits per heavy atom. The maximum Gasteiger partial charge on any atom is 0.409 e. The molecule has 2 aromatic rings. The third-order valence-electron chi connectivity index (χ3n) is 5.70. The van der Waals surface area contributed by atoms with Crippen molar-refractivity contribution in [3.63, 3.8) is 0 Å². The molecule has 1 heterocycles. The van der Waals surface area contributed by atoms with E-state index in [1.807, 2.05) is 18.2 Å². The maximum absolute atomic E-state index is 13.1. The van der Waals surface area contributed by atoms with Crippen LogP contribution in [-0.2, 0) is 9.98 Å². The van der Waals surface area contributed by atoms with E-state index in [-0.39, 0.29) is 5.41 Å². The second-order valence-electron chi connectivity index (χ2n) is 8.66. The topological polar surface area (TPSA) is 46.5 Å². The summed E-state index contributed by atoms with van der Waals surface area (Å²) in [4.78, 5) is 10.8. The van der Waals surface area contributed by atoms with Crippen LogP contribution in [0, 0.1) is 0 Å². The van der Waals surface area contributed by atoms with Gasteiger partial charge >= 0.3 is 7.60 Å². The predicted octanol–water partition coefficient (Wildman–Crippen LogP) is 5.90. The minimum absolute atomic E-state index is 0.233. The van der Waals surface area contributed by atoms with Crippen LogP contribution in [0.3, 0.4) is 0 Å². The molecule has 1 fully saturated rings. The fourth-order valence-corrected chi connectivity index (χ4v) is 6.07. The molecule has 1 N–H and O–H groups in total. The number of fused-ring (bicyclic) bond motifs is 3. The molecule has 1 aliphatic carbocycles. The van der Waals surface area contributed by atoms with Crippen molar-refractivity contribution in [3.05, 3.63) is 47.5 Å². The summed E-state index contributed by atoms with van der Waals surface area (Å²) in [6.07, 6.45) is 6.26. The molecule has 26 heavy (non-hydrogen) atoms. The lowest BCUT2D eigenvalue weighted by molar-refractivity contribution is 0.391. The Morgan fingerprint density at radius 3 is 2.42 bits per heavy atom. The van der Waals surface area contributed by atoms with Crippen molar-refractivity contribution >= 4 is 12.9 Å². The van der Waals surface area contributed by atoms with Gasteiger partial charge in [-0.05, 0) is 47.4 Å². The smallest absolute Gasteiger partial charge is 0.409 e. The molecule has 4 rings (SSSR count). The van der Waals surface area contributed by atoms with Crippen molar-refractivity contribution in [3.8, 4) is 16.9 Å². The highest BCUT2D eigenvalue weighted by atomic mass is 31.2. The molecule has 0 saturated heterocycles. The Morgan fingerprint density at radius 1 is 1.04 bits per heavy atom. The van der Waals surface area contributed by atoms with E-state index in [9.17, 15) is 9.46 Å². The minimum Gasteiger partial charge on any atom is -0.421 e. The van der Waals surface area contributed by atoms with Gasteiger partial charge in [-0.15, -0.1) is 0 Å². The van der Waals surface area contributed by atoms with E-state index in [2.05, 4.69) is 32.9 Å². The van der Waals surface area contributed by atoms with Crippen molar-refractivity contribution in [1.29, 1.82) is 0 Å². The summed E-state index contributed by atoms with van der Waals surface area (Å²) in [5, 5.41) is 0.489. The zero-order valence-electron chi connectivity index (χ0n) is 15.8. The predicted molar refractivity (Wildman–Crippen MR) is 106 cm³/mol. The van der Waals surface area contributed by atoms with E-state index in [0.717, 1.165) is 16.7 Å². The standard InChI is InChI=1S/C22H27O3P/c1-22(2,3)19-14-16(15-9-5-4-6-10-15)13-18-17-11-7-8-12-20(17)25-26(23,24)21(18)19/h7-8,11-15H,4-6,9-10H2,1-3H3,(H,23,24). The van der Waals surface area contributed by atoms with Gasteiger partial charge in [0.25, 0.3) is 0 Å². The molecule has 1 aliphatic heterocycles. The SMILES string of the molecule is CC(C)(C)c1cc(C2CCCCC2)cc2c1P(=O)(O)Oc1ccccc1-2. The molecule has 138 valence electrons. The molecule has 1 unspecified atom stereocenters. The fourth-order valence-electron chi connectivity index (χ4n) is 4.36. The van der Waals surface area contributed by atoms with Crippen LogP contribution >= 0.6 is 7.60 Å². The Kier molecular flexibility index (Phi) is 4.28. The van der Waals surface area contributed by atoms with Gasteiger partial charge < -0.3 is 9.42 Å². The van der Waals surface area contributed by atoms with Gasteiger partial charge in [-0.1, -0.05) is 64.3 Å². The van der Waals surface area contributed by atoms with E-state index >= 15 is 0 Å². The van der Waals surface area contributed by atoms with Gasteiger partial charge in [-0.2, -0.15) is 0 Å². The average molecular weight is 370 g/mol. The zero-order valence-corrected chi connectivity index (χ0v) is 16.7. The average Bonchev–Trinajstić information content (AvgIpc) is 2.60. The van der Waals surface area contributed by atoms with Crippen LogP contribution in [0.25, 0.3) is 11.1 Å². The van der Waals surface area contributed by atoms with Gasteiger partial charge in [0, 0.05) is 11.1 Å². The molecule has 1 atom stereocenters. The Labute approximate surface area is 155 Å². The summed E-state index contributed by atoms with van der Waals surface area (Å²) in [6.45, 7) is 6.31. The molecular weight excluding hydrogens is 343 g/mol. The van der Waals surface area contributed by atoms with Crippen LogP contribution in [0.2, 0.25) is 0 Å². The first kappa shape index (κ1) is 17.8. The number of benzene rings is 2. The third-order valence-corrected chi connectivity index (χ3v) is 7.19. The molecule has 3 nitrogen and oxygen atoms in total. The molecule has 2 aliphatic rings. The van der Waals surface area contributed by atoms with Crippen LogP contribution in [0.4, 0.5) is 0 Å². The van der Waals surface area contributed by atoms with Crippen LogP contribution in [0.15, 0.2) is 36.4 Å². The van der Waals surface area contributed by atoms with E-state index in [1.165, 1.54) is 37.7 Å². The second kappa shape index (κ2) is 6.25. The van der Waals surface area contributed by atoms with Gasteiger partial charge in [-0.3, -0.25) is 0 Å². The second-order valence-corrected chi connectivity index (χ2v) is 10.3. The minimum atomic E-state index is -3.90. The summed E-state index contributed by atoms with van der Waals surface area (Å²) < 4.78 is 18.7. The summed E-state index contributed by atoms with van der Waals surface area (Å²) in [6, 6.07) is 11.9. The highest BCUT2D eigenvalue weighted by molar-refractivity contribution is 7.62. The van der Waals surface area contributed by atoms with Crippen molar-refractivity contribution in [2.75, 3.05) is 0 Å². The van der Waals surface area contributed by atoms with Crippen LogP contribution in [0.1, 0.15) is 69.9 Å². The summed E-state index contributed by atoms with van der Waals surface area (Å²) in [5.41, 5.74) is 3.82. The normalized spacial score (nSPS) is 23.1. The summed E-state index contributed by atoms with van der Waals surface area (Å²) in [7, 11) is -3.90. The quantitative estimate of drug-likeness (QED) is 0.636. The highest BCUT2D eigenvalue weighted by Gasteiger charge is 2.40. The van der Waals surface area contributed by atoms with Gasteiger partial charge in [0.2, 0.25) is 0 Å². The largest absolute Gasteiger partial charge is 0.421 e. The first-order chi connectivity index (χ1) is 12.3. The van der Waals surface area contributed by atoms with Crippen LogP contribution in [-0.4, -0.2) is 4.89 Å². The summed E-state index contributed by atoms with van der Waals surface area (Å²) >= 11 is 0. The van der Waals surface area contributed by atoms with E-state index in [1.54, 1.807) is 6.07 Å². The van der Waals surface area contributed by atoms with Crippen molar-refractivity contribution in [2.24, 2.45) is 0 Å². The Balaban J connectivity index is 2.00. The molecule has 4 heteroatoms. The van der Waals surface area contributed by atoms with Gasteiger partial charge in [0.15, 0.2) is 0 Å². The van der Waals surface area contributed by atoms with Gasteiger partial charge in [0.1, 0.15) is 5.75 Å².